The molecule has 66 valence electrons. The van der Waals surface area contributed by atoms with Gasteiger partial charge in [-0.15, -0.1) is 5.10 Å². The van der Waals surface area contributed by atoms with Crippen molar-refractivity contribution in [1.29, 1.82) is 0 Å². The lowest BCUT2D eigenvalue weighted by atomic mass is 10.3. The lowest BCUT2D eigenvalue weighted by Gasteiger charge is -1.90. The summed E-state index contributed by atoms with van der Waals surface area (Å²) in [5.74, 6) is 5.42. The van der Waals surface area contributed by atoms with E-state index in [4.69, 9.17) is 10.3 Å². The van der Waals surface area contributed by atoms with E-state index in [1.54, 1.807) is 12.3 Å². The minimum Gasteiger partial charge on any atom is -0.401 e. The van der Waals surface area contributed by atoms with Gasteiger partial charge in [0.25, 0.3) is 5.89 Å². The first kappa shape index (κ1) is 7.69. The highest BCUT2D eigenvalue weighted by Crippen LogP contribution is 2.15. The molecule has 0 saturated carbocycles. The van der Waals surface area contributed by atoms with Gasteiger partial charge in [0.1, 0.15) is 5.69 Å². The summed E-state index contributed by atoms with van der Waals surface area (Å²) < 4.78 is 5.10. The quantitative estimate of drug-likeness (QED) is 0.510. The van der Waals surface area contributed by atoms with Gasteiger partial charge < -0.3 is 4.42 Å². The second-order valence-electron chi connectivity index (χ2n) is 2.27. The smallest absolute Gasteiger partial charge is 0.330 e. The zero-order chi connectivity index (χ0) is 9.10. The molecule has 0 bridgehead atoms. The normalized spacial score (nSPS) is 9.92. The van der Waals surface area contributed by atoms with E-state index in [1.165, 1.54) is 0 Å². The highest BCUT2D eigenvalue weighted by atomic mass is 16.4. The van der Waals surface area contributed by atoms with E-state index >= 15 is 0 Å². The van der Waals surface area contributed by atoms with Crippen LogP contribution in [0.2, 0.25) is 0 Å². The molecule has 2 rings (SSSR count). The van der Waals surface area contributed by atoms with Crippen molar-refractivity contribution in [2.45, 2.75) is 0 Å². The molecule has 2 aromatic rings. The van der Waals surface area contributed by atoms with Gasteiger partial charge in [-0.1, -0.05) is 11.2 Å². The van der Waals surface area contributed by atoms with Gasteiger partial charge in [-0.2, -0.15) is 0 Å². The average molecular weight is 177 g/mol. The van der Waals surface area contributed by atoms with E-state index in [2.05, 4.69) is 20.6 Å². The average Bonchev–Trinajstić information content (AvgIpc) is 2.67. The number of nitrogens with zero attached hydrogens (tertiary/aromatic N) is 3. The number of nitrogens with two attached hydrogens (primary N) is 1. The van der Waals surface area contributed by atoms with E-state index in [9.17, 15) is 0 Å². The molecule has 0 atom stereocenters. The molecule has 0 aliphatic carbocycles. The van der Waals surface area contributed by atoms with E-state index in [0.29, 0.717) is 11.6 Å². The fourth-order valence-corrected chi connectivity index (χ4v) is 0.874. The first-order valence-corrected chi connectivity index (χ1v) is 3.61. The molecule has 0 unspecified atom stereocenters. The van der Waals surface area contributed by atoms with Crippen LogP contribution >= 0.6 is 0 Å². The van der Waals surface area contributed by atoms with Crippen molar-refractivity contribution in [3.8, 4) is 11.6 Å². The first-order chi connectivity index (χ1) is 6.40. The number of rotatable bonds is 2. The maximum Gasteiger partial charge on any atom is 0.330 e. The lowest BCUT2D eigenvalue weighted by molar-refractivity contribution is 0.580. The van der Waals surface area contributed by atoms with Crippen molar-refractivity contribution in [3.63, 3.8) is 0 Å². The van der Waals surface area contributed by atoms with Gasteiger partial charge >= 0.3 is 6.01 Å². The van der Waals surface area contributed by atoms with Crippen LogP contribution in [0.4, 0.5) is 6.01 Å². The molecule has 2 aromatic heterocycles. The molecule has 0 aromatic carbocycles. The van der Waals surface area contributed by atoms with Crippen LogP contribution in [0.1, 0.15) is 0 Å². The van der Waals surface area contributed by atoms with E-state index in [1.807, 2.05) is 12.1 Å². The molecule has 0 saturated heterocycles. The van der Waals surface area contributed by atoms with Crippen LogP contribution < -0.4 is 11.3 Å². The van der Waals surface area contributed by atoms with Crippen molar-refractivity contribution in [3.05, 3.63) is 24.4 Å². The van der Waals surface area contributed by atoms with Crippen molar-refractivity contribution in [1.82, 2.24) is 15.2 Å². The maximum absolute atomic E-state index is 5.10. The minimum absolute atomic E-state index is 0.167. The number of hydrogen-bond donors (Lipinski definition) is 2. The third-order valence-corrected chi connectivity index (χ3v) is 1.43. The molecule has 0 aliphatic heterocycles. The summed E-state index contributed by atoms with van der Waals surface area (Å²) in [7, 11) is 0. The summed E-state index contributed by atoms with van der Waals surface area (Å²) in [6.07, 6.45) is 1.65. The Hall–Kier alpha value is -1.95. The van der Waals surface area contributed by atoms with Crippen molar-refractivity contribution < 1.29 is 4.42 Å². The lowest BCUT2D eigenvalue weighted by Crippen LogP contribution is -2.06. The number of nitrogens with one attached hydrogen (secondary N) is 1. The third kappa shape index (κ3) is 1.47. The zero-order valence-corrected chi connectivity index (χ0v) is 6.64. The van der Waals surface area contributed by atoms with Gasteiger partial charge in [0.05, 0.1) is 0 Å². The number of aromatic nitrogens is 3. The van der Waals surface area contributed by atoms with Crippen LogP contribution in [0.25, 0.3) is 11.6 Å². The summed E-state index contributed by atoms with van der Waals surface area (Å²) >= 11 is 0. The summed E-state index contributed by atoms with van der Waals surface area (Å²) in [6, 6.07) is 5.58. The molecular formula is C7H7N5O. The molecule has 0 radical (unpaired) electrons. The fraction of sp³-hybridized carbons (Fsp3) is 0. The monoisotopic (exact) mass is 177 g/mol. The Bertz CT molecular complexity index is 385. The fourth-order valence-electron chi connectivity index (χ4n) is 0.874. The predicted molar refractivity (Wildman–Crippen MR) is 45.3 cm³/mol. The Balaban J connectivity index is 2.36. The molecule has 3 N–H and O–H groups in total. The summed E-state index contributed by atoms with van der Waals surface area (Å²) in [5.41, 5.74) is 2.87. The van der Waals surface area contributed by atoms with Gasteiger partial charge in [-0.3, -0.25) is 10.4 Å². The van der Waals surface area contributed by atoms with Crippen molar-refractivity contribution in [2.75, 3.05) is 5.43 Å². The van der Waals surface area contributed by atoms with Gasteiger partial charge in [0, 0.05) is 6.20 Å². The zero-order valence-electron chi connectivity index (χ0n) is 6.64. The van der Waals surface area contributed by atoms with Crippen molar-refractivity contribution >= 4 is 6.01 Å². The number of anilines is 1. The molecule has 0 fully saturated rings. The Morgan fingerprint density at radius 1 is 1.31 bits per heavy atom. The standard InChI is InChI=1S/C7H7N5O/c8-10-7-12-11-6(13-7)5-3-1-2-4-9-5/h1-4H,8H2,(H,10,12). The number of nitrogen functional groups attached to an aromatic ring is 1. The van der Waals surface area contributed by atoms with Gasteiger partial charge in [-0.05, 0) is 12.1 Å². The van der Waals surface area contributed by atoms with Crippen LogP contribution in [0.5, 0.6) is 0 Å². The summed E-state index contributed by atoms with van der Waals surface area (Å²) in [4.78, 5) is 4.03. The number of pyridine rings is 1. The Morgan fingerprint density at radius 3 is 2.85 bits per heavy atom. The summed E-state index contributed by atoms with van der Waals surface area (Å²) in [6.45, 7) is 0. The maximum atomic E-state index is 5.10. The first-order valence-electron chi connectivity index (χ1n) is 3.61. The van der Waals surface area contributed by atoms with E-state index in [-0.39, 0.29) is 6.01 Å². The largest absolute Gasteiger partial charge is 0.401 e. The molecule has 2 heterocycles. The molecular weight excluding hydrogens is 170 g/mol. The third-order valence-electron chi connectivity index (χ3n) is 1.43. The van der Waals surface area contributed by atoms with Crippen LogP contribution in [0, 0.1) is 0 Å². The van der Waals surface area contributed by atoms with Gasteiger partial charge in [0.2, 0.25) is 0 Å². The molecule has 0 amide bonds. The van der Waals surface area contributed by atoms with Crippen LogP contribution in [-0.2, 0) is 0 Å². The van der Waals surface area contributed by atoms with Crippen LogP contribution in [-0.4, -0.2) is 15.2 Å². The van der Waals surface area contributed by atoms with Gasteiger partial charge in [-0.25, -0.2) is 5.84 Å². The molecule has 6 heteroatoms. The topological polar surface area (TPSA) is 89.9 Å². The summed E-state index contributed by atoms with van der Waals surface area (Å²) in [5, 5.41) is 7.35. The predicted octanol–water partition coefficient (Wildman–Crippen LogP) is 0.417. The SMILES string of the molecule is NNc1nnc(-c2ccccn2)o1. The number of hydrogen-bond acceptors (Lipinski definition) is 6. The van der Waals surface area contributed by atoms with Gasteiger partial charge in [0.15, 0.2) is 0 Å². The molecule has 0 aliphatic rings. The molecule has 13 heavy (non-hydrogen) atoms. The van der Waals surface area contributed by atoms with E-state index in [0.717, 1.165) is 0 Å². The van der Waals surface area contributed by atoms with E-state index < -0.39 is 0 Å². The van der Waals surface area contributed by atoms with Crippen LogP contribution in [0.15, 0.2) is 28.8 Å². The second-order valence-corrected chi connectivity index (χ2v) is 2.27. The second kappa shape index (κ2) is 3.20. The molecule has 6 nitrogen and oxygen atoms in total. The molecule has 0 spiro atoms. The van der Waals surface area contributed by atoms with Crippen molar-refractivity contribution in [2.24, 2.45) is 5.84 Å². The minimum atomic E-state index is 0.167. The Kier molecular flexibility index (Phi) is 1.89. The number of hydrazine groups is 1. The highest BCUT2D eigenvalue weighted by molar-refractivity contribution is 5.46. The Labute approximate surface area is 73.8 Å². The highest BCUT2D eigenvalue weighted by Gasteiger charge is 2.06. The van der Waals surface area contributed by atoms with Crippen LogP contribution in [0.3, 0.4) is 0 Å². The Morgan fingerprint density at radius 2 is 2.23 bits per heavy atom.